The van der Waals surface area contributed by atoms with Crippen LogP contribution >= 0.6 is 27.5 Å². The van der Waals surface area contributed by atoms with Gasteiger partial charge in [-0.2, -0.15) is 0 Å². The predicted molar refractivity (Wildman–Crippen MR) is 124 cm³/mol. The number of anilines is 1. The molecule has 0 saturated carbocycles. The fraction of sp³-hybridized carbons (Fsp3) is 0.0455. The van der Waals surface area contributed by atoms with E-state index in [1.165, 1.54) is 36.4 Å². The molecular formula is C22H13BrClN3O6. The van der Waals surface area contributed by atoms with Crippen LogP contribution in [0.4, 0.5) is 16.2 Å². The van der Waals surface area contributed by atoms with Gasteiger partial charge in [-0.15, -0.1) is 0 Å². The molecule has 3 aromatic rings. The van der Waals surface area contributed by atoms with Gasteiger partial charge >= 0.3 is 6.03 Å². The molecule has 4 rings (SSSR count). The van der Waals surface area contributed by atoms with Gasteiger partial charge in [0.25, 0.3) is 17.5 Å². The third kappa shape index (κ3) is 4.30. The smallest absolute Gasteiger partial charge is 0.335 e. The number of imide groups is 2. The Morgan fingerprint density at radius 2 is 1.88 bits per heavy atom. The molecule has 1 N–H and O–H groups in total. The van der Waals surface area contributed by atoms with Crippen LogP contribution in [0.2, 0.25) is 5.02 Å². The van der Waals surface area contributed by atoms with Crippen molar-refractivity contribution in [3.63, 3.8) is 0 Å². The van der Waals surface area contributed by atoms with E-state index in [1.807, 2.05) is 0 Å². The molecule has 0 bridgehead atoms. The molecule has 11 heteroatoms. The summed E-state index contributed by atoms with van der Waals surface area (Å²) < 4.78 is 6.15. The quantitative estimate of drug-likeness (QED) is 0.213. The number of furan rings is 1. The van der Waals surface area contributed by atoms with E-state index in [4.69, 9.17) is 16.0 Å². The molecule has 0 radical (unpaired) electrons. The van der Waals surface area contributed by atoms with Crippen LogP contribution in [0.1, 0.15) is 11.3 Å². The number of halogens is 2. The van der Waals surface area contributed by atoms with Gasteiger partial charge in [-0.1, -0.05) is 17.7 Å². The van der Waals surface area contributed by atoms with E-state index in [1.54, 1.807) is 25.1 Å². The first-order valence-electron chi connectivity index (χ1n) is 9.37. The number of nitrogens with zero attached hydrogens (tertiary/aromatic N) is 2. The van der Waals surface area contributed by atoms with Crippen molar-refractivity contribution in [3.8, 4) is 11.3 Å². The van der Waals surface area contributed by atoms with Crippen LogP contribution in [-0.4, -0.2) is 22.8 Å². The Morgan fingerprint density at radius 3 is 2.55 bits per heavy atom. The van der Waals surface area contributed by atoms with Crippen molar-refractivity contribution in [2.24, 2.45) is 0 Å². The van der Waals surface area contributed by atoms with Gasteiger partial charge < -0.3 is 4.42 Å². The van der Waals surface area contributed by atoms with Crippen molar-refractivity contribution in [1.29, 1.82) is 0 Å². The minimum Gasteiger partial charge on any atom is -0.457 e. The van der Waals surface area contributed by atoms with Gasteiger partial charge in [0.2, 0.25) is 0 Å². The average Bonchev–Trinajstić information content (AvgIpc) is 3.21. The highest BCUT2D eigenvalue weighted by Crippen LogP contribution is 2.33. The molecule has 0 atom stereocenters. The highest BCUT2D eigenvalue weighted by molar-refractivity contribution is 9.10. The molecule has 2 aromatic carbocycles. The Bertz CT molecular complexity index is 1380. The van der Waals surface area contributed by atoms with E-state index in [-0.39, 0.29) is 22.7 Å². The molecule has 9 nitrogen and oxygen atoms in total. The molecule has 166 valence electrons. The van der Waals surface area contributed by atoms with E-state index in [9.17, 15) is 24.5 Å². The van der Waals surface area contributed by atoms with Crippen molar-refractivity contribution < 1.29 is 23.7 Å². The van der Waals surface area contributed by atoms with Crippen LogP contribution in [-0.2, 0) is 9.59 Å². The van der Waals surface area contributed by atoms with Crippen LogP contribution < -0.4 is 10.2 Å². The number of urea groups is 1. The number of aryl methyl sites for hydroxylation is 1. The average molecular weight is 531 g/mol. The molecule has 4 amide bonds. The summed E-state index contributed by atoms with van der Waals surface area (Å²) in [4.78, 5) is 48.9. The van der Waals surface area contributed by atoms with E-state index < -0.39 is 22.8 Å². The van der Waals surface area contributed by atoms with Crippen molar-refractivity contribution >= 4 is 62.8 Å². The third-order valence-electron chi connectivity index (χ3n) is 4.86. The fourth-order valence-electron chi connectivity index (χ4n) is 3.15. The van der Waals surface area contributed by atoms with Crippen LogP contribution in [0, 0.1) is 17.0 Å². The number of carbonyl (C=O) groups excluding carboxylic acids is 3. The normalized spacial score (nSPS) is 15.2. The monoisotopic (exact) mass is 529 g/mol. The summed E-state index contributed by atoms with van der Waals surface area (Å²) in [7, 11) is 0. The van der Waals surface area contributed by atoms with E-state index in [2.05, 4.69) is 21.2 Å². The topological polar surface area (TPSA) is 123 Å². The second-order valence-corrected chi connectivity index (χ2v) is 8.28. The molecule has 1 aromatic heterocycles. The van der Waals surface area contributed by atoms with Gasteiger partial charge in [0.1, 0.15) is 17.1 Å². The first kappa shape index (κ1) is 22.4. The standard InChI is InChI=1S/C22H13BrClN3O6/c1-11-2-3-12(9-18(11)24)26-21(29)16(20(28)25-22(26)30)10-14-5-7-19(33-14)15-6-4-13(27(31)32)8-17(15)23/h2-10H,1H3,(H,25,28,30)/b16-10+. The largest absolute Gasteiger partial charge is 0.457 e. The molecule has 1 fully saturated rings. The first-order valence-corrected chi connectivity index (χ1v) is 10.5. The minimum atomic E-state index is -0.892. The van der Waals surface area contributed by atoms with Gasteiger partial charge in [0, 0.05) is 27.2 Å². The first-order chi connectivity index (χ1) is 15.7. The van der Waals surface area contributed by atoms with E-state index >= 15 is 0 Å². The van der Waals surface area contributed by atoms with Gasteiger partial charge in [-0.3, -0.25) is 25.0 Å². The number of amides is 4. The summed E-state index contributed by atoms with van der Waals surface area (Å²) >= 11 is 9.39. The highest BCUT2D eigenvalue weighted by atomic mass is 79.9. The van der Waals surface area contributed by atoms with Gasteiger partial charge in [-0.25, -0.2) is 9.69 Å². The molecule has 33 heavy (non-hydrogen) atoms. The zero-order chi connectivity index (χ0) is 23.9. The number of nitrogens with one attached hydrogen (secondary N) is 1. The van der Waals surface area contributed by atoms with Crippen molar-refractivity contribution in [2.45, 2.75) is 6.92 Å². The lowest BCUT2D eigenvalue weighted by atomic mass is 10.1. The van der Waals surface area contributed by atoms with Crippen molar-refractivity contribution in [1.82, 2.24) is 5.32 Å². The Kier molecular flexibility index (Phi) is 5.88. The lowest BCUT2D eigenvalue weighted by molar-refractivity contribution is -0.384. The summed E-state index contributed by atoms with van der Waals surface area (Å²) in [6, 6.07) is 11.1. The molecule has 1 aliphatic rings. The number of barbiturate groups is 1. The summed E-state index contributed by atoms with van der Waals surface area (Å²) in [6.45, 7) is 1.77. The summed E-state index contributed by atoms with van der Waals surface area (Å²) in [5.74, 6) is -1.18. The van der Waals surface area contributed by atoms with Crippen LogP contribution in [0.15, 0.2) is 63.0 Å². The molecular weight excluding hydrogens is 518 g/mol. The zero-order valence-electron chi connectivity index (χ0n) is 16.8. The number of carbonyl (C=O) groups is 3. The second-order valence-electron chi connectivity index (χ2n) is 7.01. The predicted octanol–water partition coefficient (Wildman–Crippen LogP) is 5.25. The number of rotatable bonds is 4. The van der Waals surface area contributed by atoms with Gasteiger partial charge in [0.05, 0.1) is 10.6 Å². The highest BCUT2D eigenvalue weighted by Gasteiger charge is 2.37. The second kappa shape index (κ2) is 8.64. The molecule has 0 spiro atoms. The third-order valence-corrected chi connectivity index (χ3v) is 5.92. The van der Waals surface area contributed by atoms with Crippen LogP contribution in [0.25, 0.3) is 17.4 Å². The van der Waals surface area contributed by atoms with E-state index in [0.29, 0.717) is 20.8 Å². The Morgan fingerprint density at radius 1 is 1.12 bits per heavy atom. The van der Waals surface area contributed by atoms with Crippen LogP contribution in [0.5, 0.6) is 0 Å². The summed E-state index contributed by atoms with van der Waals surface area (Å²) in [5.41, 5.74) is 1.11. The number of benzene rings is 2. The molecule has 0 unspecified atom stereocenters. The minimum absolute atomic E-state index is 0.0926. The number of non-ortho nitro benzene ring substituents is 1. The maximum Gasteiger partial charge on any atom is 0.335 e. The molecule has 2 heterocycles. The SMILES string of the molecule is Cc1ccc(N2C(=O)NC(=O)/C(=C\c3ccc(-c4ccc([N+](=O)[O-])cc4Br)o3)C2=O)cc1Cl. The Balaban J connectivity index is 1.67. The number of hydrogen-bond donors (Lipinski definition) is 1. The van der Waals surface area contributed by atoms with Gasteiger partial charge in [0.15, 0.2) is 0 Å². The summed E-state index contributed by atoms with van der Waals surface area (Å²) in [5, 5.41) is 13.4. The Hall–Kier alpha value is -3.76. The fourth-order valence-corrected chi connectivity index (χ4v) is 3.88. The number of nitro groups is 1. The molecule has 1 aliphatic heterocycles. The van der Waals surface area contributed by atoms with Crippen molar-refractivity contribution in [2.75, 3.05) is 4.90 Å². The van der Waals surface area contributed by atoms with Gasteiger partial charge in [-0.05, 0) is 64.8 Å². The van der Waals surface area contributed by atoms with Crippen LogP contribution in [0.3, 0.4) is 0 Å². The molecule has 1 saturated heterocycles. The zero-order valence-corrected chi connectivity index (χ0v) is 19.1. The number of hydrogen-bond acceptors (Lipinski definition) is 6. The lowest BCUT2D eigenvalue weighted by Crippen LogP contribution is -2.54. The Labute approximate surface area is 199 Å². The van der Waals surface area contributed by atoms with E-state index in [0.717, 1.165) is 10.5 Å². The number of nitro benzene ring substituents is 1. The maximum absolute atomic E-state index is 13.0. The molecule has 0 aliphatic carbocycles. The summed E-state index contributed by atoms with van der Waals surface area (Å²) in [6.07, 6.45) is 1.22. The lowest BCUT2D eigenvalue weighted by Gasteiger charge is -2.26. The van der Waals surface area contributed by atoms with Crippen molar-refractivity contribution in [3.05, 3.63) is 85.0 Å². The maximum atomic E-state index is 13.0.